The molecule has 0 radical (unpaired) electrons. The first-order valence-corrected chi connectivity index (χ1v) is 9.46. The van der Waals surface area contributed by atoms with E-state index in [4.69, 9.17) is 9.47 Å². The third-order valence-electron chi connectivity index (χ3n) is 3.62. The second-order valence-corrected chi connectivity index (χ2v) is 6.64. The number of aromatic amines is 1. The second kappa shape index (κ2) is 9.61. The van der Waals surface area contributed by atoms with E-state index in [0.717, 1.165) is 11.8 Å². The smallest absolute Gasteiger partial charge is 0.251 e. The van der Waals surface area contributed by atoms with E-state index in [1.165, 1.54) is 13.2 Å². The summed E-state index contributed by atoms with van der Waals surface area (Å²) in [5.41, 5.74) is 0.775. The highest BCUT2D eigenvalue weighted by molar-refractivity contribution is 7.99. The van der Waals surface area contributed by atoms with Crippen molar-refractivity contribution < 1.29 is 14.3 Å². The van der Waals surface area contributed by atoms with Gasteiger partial charge in [-0.3, -0.25) is 9.59 Å². The summed E-state index contributed by atoms with van der Waals surface area (Å²) < 4.78 is 10.8. The van der Waals surface area contributed by atoms with E-state index in [0.29, 0.717) is 28.0 Å². The van der Waals surface area contributed by atoms with Gasteiger partial charge >= 0.3 is 0 Å². The first-order chi connectivity index (χ1) is 13.6. The van der Waals surface area contributed by atoms with Gasteiger partial charge in [0, 0.05) is 6.07 Å². The number of aromatic nitrogens is 2. The van der Waals surface area contributed by atoms with Crippen molar-refractivity contribution in [3.63, 3.8) is 0 Å². The number of thioether (sulfide) groups is 1. The third-order valence-corrected chi connectivity index (χ3v) is 4.50. The van der Waals surface area contributed by atoms with Gasteiger partial charge in [0.05, 0.1) is 24.2 Å². The van der Waals surface area contributed by atoms with E-state index in [9.17, 15) is 9.59 Å². The summed E-state index contributed by atoms with van der Waals surface area (Å²) in [7, 11) is 1.54. The predicted molar refractivity (Wildman–Crippen MR) is 108 cm³/mol. The molecule has 3 aromatic rings. The van der Waals surface area contributed by atoms with Gasteiger partial charge in [-0.25, -0.2) is 4.98 Å². The minimum atomic E-state index is -0.297. The van der Waals surface area contributed by atoms with Crippen LogP contribution in [0.1, 0.15) is 5.69 Å². The quantitative estimate of drug-likeness (QED) is 0.448. The monoisotopic (exact) mass is 397 g/mol. The minimum Gasteiger partial charge on any atom is -0.495 e. The van der Waals surface area contributed by atoms with Crippen LogP contribution in [0, 0.1) is 0 Å². The van der Waals surface area contributed by atoms with Crippen molar-refractivity contribution in [3.8, 4) is 11.5 Å². The molecule has 0 fully saturated rings. The lowest BCUT2D eigenvalue weighted by molar-refractivity contribution is -0.113. The average molecular weight is 397 g/mol. The van der Waals surface area contributed by atoms with Crippen molar-refractivity contribution >= 4 is 23.4 Å². The molecular weight excluding hydrogens is 378 g/mol. The van der Waals surface area contributed by atoms with Crippen molar-refractivity contribution in [2.75, 3.05) is 18.2 Å². The van der Waals surface area contributed by atoms with Crippen molar-refractivity contribution in [2.45, 2.75) is 11.8 Å². The van der Waals surface area contributed by atoms with Crippen LogP contribution in [0.5, 0.6) is 11.5 Å². The van der Waals surface area contributed by atoms with Crippen LogP contribution in [0.2, 0.25) is 0 Å². The predicted octanol–water partition coefficient (Wildman–Crippen LogP) is 3.09. The van der Waals surface area contributed by atoms with E-state index in [1.807, 2.05) is 36.4 Å². The van der Waals surface area contributed by atoms with Crippen molar-refractivity contribution in [1.82, 2.24) is 9.97 Å². The van der Waals surface area contributed by atoms with Gasteiger partial charge in [-0.2, -0.15) is 0 Å². The van der Waals surface area contributed by atoms with Crippen LogP contribution in [0.4, 0.5) is 5.69 Å². The van der Waals surface area contributed by atoms with Crippen molar-refractivity contribution in [2.24, 2.45) is 0 Å². The number of para-hydroxylation sites is 3. The number of ether oxygens (including phenoxy) is 2. The number of hydrogen-bond donors (Lipinski definition) is 2. The van der Waals surface area contributed by atoms with Gasteiger partial charge in [-0.1, -0.05) is 42.1 Å². The largest absolute Gasteiger partial charge is 0.495 e. The fraction of sp³-hybridized carbons (Fsp3) is 0.150. The Morgan fingerprint density at radius 2 is 1.89 bits per heavy atom. The molecule has 2 aromatic carbocycles. The first-order valence-electron chi connectivity index (χ1n) is 8.48. The zero-order chi connectivity index (χ0) is 19.8. The van der Waals surface area contributed by atoms with Gasteiger partial charge in [0.2, 0.25) is 5.91 Å². The summed E-state index contributed by atoms with van der Waals surface area (Å²) in [6, 6.07) is 17.8. The maximum Gasteiger partial charge on any atom is 0.251 e. The fourth-order valence-corrected chi connectivity index (χ4v) is 3.06. The normalized spacial score (nSPS) is 10.3. The molecule has 1 heterocycles. The van der Waals surface area contributed by atoms with Crippen LogP contribution in [0.15, 0.2) is 70.6 Å². The summed E-state index contributed by atoms with van der Waals surface area (Å²) in [4.78, 5) is 31.0. The Balaban J connectivity index is 1.58. The SMILES string of the molecule is COc1ccccc1NC(=O)CSc1nc(COc2ccccc2)cc(=O)[nH]1. The molecule has 3 rings (SSSR count). The molecule has 0 aliphatic heterocycles. The van der Waals surface area contributed by atoms with E-state index in [2.05, 4.69) is 15.3 Å². The number of carbonyl (C=O) groups is 1. The minimum absolute atomic E-state index is 0.0873. The van der Waals surface area contributed by atoms with Gasteiger partial charge in [0.15, 0.2) is 5.16 Å². The van der Waals surface area contributed by atoms with Crippen molar-refractivity contribution in [3.05, 3.63) is 76.7 Å². The Morgan fingerprint density at radius 3 is 2.68 bits per heavy atom. The van der Waals surface area contributed by atoms with E-state index >= 15 is 0 Å². The maximum atomic E-state index is 12.2. The molecule has 0 spiro atoms. The molecule has 0 saturated carbocycles. The van der Waals surface area contributed by atoms with E-state index < -0.39 is 0 Å². The highest BCUT2D eigenvalue weighted by atomic mass is 32.2. The number of carbonyl (C=O) groups excluding carboxylic acids is 1. The molecule has 1 amide bonds. The summed E-state index contributed by atoms with van der Waals surface area (Å²) in [6.45, 7) is 0.162. The molecule has 0 saturated heterocycles. The standard InChI is InChI=1S/C20H19N3O4S/c1-26-17-10-6-5-9-16(17)22-19(25)13-28-20-21-14(11-18(24)23-20)12-27-15-7-3-2-4-8-15/h2-11H,12-13H2,1H3,(H,22,25)(H,21,23,24). The van der Waals surface area contributed by atoms with Gasteiger partial charge in [0.1, 0.15) is 18.1 Å². The highest BCUT2D eigenvalue weighted by Crippen LogP contribution is 2.23. The van der Waals surface area contributed by atoms with Crippen LogP contribution in [-0.2, 0) is 11.4 Å². The zero-order valence-corrected chi connectivity index (χ0v) is 16.0. The van der Waals surface area contributed by atoms with Crippen LogP contribution in [-0.4, -0.2) is 28.7 Å². The number of nitrogens with zero attached hydrogens (tertiary/aromatic N) is 1. The summed E-state index contributed by atoms with van der Waals surface area (Å²) in [5.74, 6) is 1.12. The van der Waals surface area contributed by atoms with Gasteiger partial charge in [0.25, 0.3) is 5.56 Å². The second-order valence-electron chi connectivity index (χ2n) is 5.68. The van der Waals surface area contributed by atoms with Gasteiger partial charge < -0.3 is 19.8 Å². The fourth-order valence-electron chi connectivity index (χ4n) is 2.37. The Labute approximate surface area is 166 Å². The molecule has 0 aliphatic rings. The molecule has 0 bridgehead atoms. The lowest BCUT2D eigenvalue weighted by atomic mass is 10.3. The lowest BCUT2D eigenvalue weighted by Crippen LogP contribution is -2.16. The molecule has 0 atom stereocenters. The number of methoxy groups -OCH3 is 1. The van der Waals surface area contributed by atoms with Crippen LogP contribution in [0.3, 0.4) is 0 Å². The molecule has 7 nitrogen and oxygen atoms in total. The Hall–Kier alpha value is -3.26. The molecule has 28 heavy (non-hydrogen) atoms. The number of benzene rings is 2. The van der Waals surface area contributed by atoms with Gasteiger partial charge in [-0.15, -0.1) is 0 Å². The van der Waals surface area contributed by atoms with E-state index in [-0.39, 0.29) is 23.8 Å². The van der Waals surface area contributed by atoms with Crippen LogP contribution >= 0.6 is 11.8 Å². The number of H-pyrrole nitrogens is 1. The van der Waals surface area contributed by atoms with Crippen molar-refractivity contribution in [1.29, 1.82) is 0 Å². The Morgan fingerprint density at radius 1 is 1.14 bits per heavy atom. The maximum absolute atomic E-state index is 12.2. The summed E-state index contributed by atoms with van der Waals surface area (Å²) in [6.07, 6.45) is 0. The van der Waals surface area contributed by atoms with Crippen LogP contribution < -0.4 is 20.3 Å². The molecule has 1 aromatic heterocycles. The molecular formula is C20H19N3O4S. The topological polar surface area (TPSA) is 93.3 Å². The molecule has 144 valence electrons. The lowest BCUT2D eigenvalue weighted by Gasteiger charge is -2.09. The third kappa shape index (κ3) is 5.62. The summed E-state index contributed by atoms with van der Waals surface area (Å²) in [5, 5.41) is 3.13. The van der Waals surface area contributed by atoms with E-state index in [1.54, 1.807) is 18.2 Å². The summed E-state index contributed by atoms with van der Waals surface area (Å²) >= 11 is 1.14. The number of hydrogen-bond acceptors (Lipinski definition) is 6. The van der Waals surface area contributed by atoms with Crippen LogP contribution in [0.25, 0.3) is 0 Å². The Kier molecular flexibility index (Phi) is 6.69. The number of anilines is 1. The highest BCUT2D eigenvalue weighted by Gasteiger charge is 2.10. The average Bonchev–Trinajstić information content (AvgIpc) is 2.71. The van der Waals surface area contributed by atoms with Gasteiger partial charge in [-0.05, 0) is 24.3 Å². The Bertz CT molecular complexity index is 992. The molecule has 0 aliphatic carbocycles. The first kappa shape index (κ1) is 19.5. The number of amides is 1. The molecule has 8 heteroatoms. The number of nitrogens with one attached hydrogen (secondary N) is 2. The number of rotatable bonds is 8. The molecule has 2 N–H and O–H groups in total. The zero-order valence-electron chi connectivity index (χ0n) is 15.2. The molecule has 0 unspecified atom stereocenters.